The number of methoxy groups -OCH3 is 1. The van der Waals surface area contributed by atoms with Gasteiger partial charge in [0.1, 0.15) is 10.8 Å². The Morgan fingerprint density at radius 2 is 2.32 bits per heavy atom. The maximum atomic E-state index is 11.7. The summed E-state index contributed by atoms with van der Waals surface area (Å²) in [5, 5.41) is 0. The Morgan fingerprint density at radius 3 is 2.95 bits per heavy atom. The van der Waals surface area contributed by atoms with Crippen molar-refractivity contribution < 1.29 is 9.53 Å². The zero-order valence-corrected chi connectivity index (χ0v) is 11.8. The third-order valence-corrected chi connectivity index (χ3v) is 3.71. The van der Waals surface area contributed by atoms with Crippen molar-refractivity contribution in [3.63, 3.8) is 0 Å². The summed E-state index contributed by atoms with van der Waals surface area (Å²) >= 11 is 4.96. The molecule has 102 valence electrons. The van der Waals surface area contributed by atoms with Gasteiger partial charge in [0.05, 0.1) is 13.0 Å². The first kappa shape index (κ1) is 13.7. The van der Waals surface area contributed by atoms with Crippen molar-refractivity contribution in [2.45, 2.75) is 6.92 Å². The van der Waals surface area contributed by atoms with E-state index in [0.717, 1.165) is 17.9 Å². The van der Waals surface area contributed by atoms with E-state index in [2.05, 4.69) is 9.88 Å². The minimum absolute atomic E-state index is 0.111. The maximum Gasteiger partial charge on any atom is 0.310 e. The Hall–Kier alpha value is -1.69. The highest BCUT2D eigenvalue weighted by molar-refractivity contribution is 7.80. The van der Waals surface area contributed by atoms with Gasteiger partial charge < -0.3 is 15.4 Å². The molecule has 0 bridgehead atoms. The van der Waals surface area contributed by atoms with Crippen LogP contribution in [-0.2, 0) is 9.53 Å². The molecule has 1 aliphatic heterocycles. The number of pyridine rings is 1. The Kier molecular flexibility index (Phi) is 3.99. The second-order valence-corrected chi connectivity index (χ2v) is 5.22. The van der Waals surface area contributed by atoms with Crippen LogP contribution in [0.25, 0.3) is 0 Å². The lowest BCUT2D eigenvalue weighted by Gasteiger charge is -2.17. The molecule has 1 saturated heterocycles. The molecule has 2 atom stereocenters. The SMILES string of the molecule is COC(=O)C1CN(c2cc(C(N)=S)ccn2)CC1C. The van der Waals surface area contributed by atoms with Crippen LogP contribution in [0.4, 0.5) is 5.82 Å². The van der Waals surface area contributed by atoms with E-state index in [1.165, 1.54) is 7.11 Å². The molecule has 1 fully saturated rings. The minimum Gasteiger partial charge on any atom is -0.469 e. The molecular formula is C13H17N3O2S. The van der Waals surface area contributed by atoms with Gasteiger partial charge in [-0.05, 0) is 18.1 Å². The van der Waals surface area contributed by atoms with Gasteiger partial charge in [-0.2, -0.15) is 0 Å². The molecule has 1 aromatic heterocycles. The molecule has 2 rings (SSSR count). The monoisotopic (exact) mass is 279 g/mol. The maximum absolute atomic E-state index is 11.7. The first-order valence-corrected chi connectivity index (χ1v) is 6.52. The molecule has 6 heteroatoms. The van der Waals surface area contributed by atoms with E-state index < -0.39 is 0 Å². The van der Waals surface area contributed by atoms with Gasteiger partial charge in [0.25, 0.3) is 0 Å². The first-order chi connectivity index (χ1) is 9.02. The summed E-state index contributed by atoms with van der Waals surface area (Å²) in [5.41, 5.74) is 6.40. The molecule has 0 aromatic carbocycles. The third-order valence-electron chi connectivity index (χ3n) is 3.47. The quantitative estimate of drug-likeness (QED) is 0.656. The van der Waals surface area contributed by atoms with Gasteiger partial charge in [0.15, 0.2) is 0 Å². The van der Waals surface area contributed by atoms with E-state index in [4.69, 9.17) is 22.7 Å². The van der Waals surface area contributed by atoms with Gasteiger partial charge in [-0.3, -0.25) is 4.79 Å². The van der Waals surface area contributed by atoms with Crippen molar-refractivity contribution in [1.29, 1.82) is 0 Å². The van der Waals surface area contributed by atoms with Gasteiger partial charge in [0, 0.05) is 24.8 Å². The average Bonchev–Trinajstić information content (AvgIpc) is 2.80. The number of hydrogen-bond donors (Lipinski definition) is 1. The number of anilines is 1. The summed E-state index contributed by atoms with van der Waals surface area (Å²) in [5.74, 6) is 0.757. The lowest BCUT2D eigenvalue weighted by Crippen LogP contribution is -2.25. The predicted molar refractivity (Wildman–Crippen MR) is 77.0 cm³/mol. The van der Waals surface area contributed by atoms with Crippen molar-refractivity contribution in [2.75, 3.05) is 25.1 Å². The van der Waals surface area contributed by atoms with E-state index in [1.807, 2.05) is 13.0 Å². The van der Waals surface area contributed by atoms with E-state index in [-0.39, 0.29) is 17.8 Å². The number of thiocarbonyl (C=S) groups is 1. The highest BCUT2D eigenvalue weighted by Crippen LogP contribution is 2.28. The molecule has 1 aromatic rings. The highest BCUT2D eigenvalue weighted by atomic mass is 32.1. The fourth-order valence-electron chi connectivity index (χ4n) is 2.36. The number of nitrogens with zero attached hydrogens (tertiary/aromatic N) is 2. The van der Waals surface area contributed by atoms with E-state index in [9.17, 15) is 4.79 Å². The summed E-state index contributed by atoms with van der Waals surface area (Å²) in [6.45, 7) is 3.42. The van der Waals surface area contributed by atoms with Crippen LogP contribution in [-0.4, -0.2) is 36.1 Å². The topological polar surface area (TPSA) is 68.5 Å². The zero-order chi connectivity index (χ0) is 14.0. The fourth-order valence-corrected chi connectivity index (χ4v) is 2.48. The van der Waals surface area contributed by atoms with Crippen LogP contribution < -0.4 is 10.6 Å². The standard InChI is InChI=1S/C13H17N3O2S/c1-8-6-16(7-10(8)13(17)18-2)11-5-9(12(14)19)3-4-15-11/h3-5,8,10H,6-7H2,1-2H3,(H2,14,19). The van der Waals surface area contributed by atoms with Gasteiger partial charge in [-0.1, -0.05) is 19.1 Å². The van der Waals surface area contributed by atoms with Crippen molar-refractivity contribution in [2.24, 2.45) is 17.6 Å². The van der Waals surface area contributed by atoms with Gasteiger partial charge >= 0.3 is 5.97 Å². The average molecular weight is 279 g/mol. The molecule has 5 nitrogen and oxygen atoms in total. The summed E-state index contributed by atoms with van der Waals surface area (Å²) in [4.78, 5) is 18.4. The van der Waals surface area contributed by atoms with Crippen LogP contribution in [0.1, 0.15) is 12.5 Å². The number of ether oxygens (including phenoxy) is 1. The van der Waals surface area contributed by atoms with E-state index in [0.29, 0.717) is 11.5 Å². The number of carbonyl (C=O) groups excluding carboxylic acids is 1. The summed E-state index contributed by atoms with van der Waals surface area (Å²) in [6.07, 6.45) is 1.68. The number of aromatic nitrogens is 1. The Bertz CT molecular complexity index is 506. The number of nitrogens with two attached hydrogens (primary N) is 1. The Labute approximate surface area is 117 Å². The second kappa shape index (κ2) is 5.52. The molecule has 0 saturated carbocycles. The summed E-state index contributed by atoms with van der Waals surface area (Å²) in [7, 11) is 1.42. The minimum atomic E-state index is -0.166. The summed E-state index contributed by atoms with van der Waals surface area (Å²) in [6, 6.07) is 3.64. The van der Waals surface area contributed by atoms with Crippen LogP contribution in [0.3, 0.4) is 0 Å². The number of rotatable bonds is 3. The zero-order valence-electron chi connectivity index (χ0n) is 11.0. The molecule has 0 spiro atoms. The Morgan fingerprint density at radius 1 is 1.58 bits per heavy atom. The normalized spacial score (nSPS) is 22.3. The lowest BCUT2D eigenvalue weighted by atomic mass is 9.99. The highest BCUT2D eigenvalue weighted by Gasteiger charge is 2.36. The largest absolute Gasteiger partial charge is 0.469 e. The van der Waals surface area contributed by atoms with Crippen LogP contribution in [0, 0.1) is 11.8 Å². The van der Waals surface area contributed by atoms with Crippen molar-refractivity contribution in [3.8, 4) is 0 Å². The molecule has 2 N–H and O–H groups in total. The van der Waals surface area contributed by atoms with Crippen LogP contribution in [0.2, 0.25) is 0 Å². The molecule has 0 radical (unpaired) electrons. The number of carbonyl (C=O) groups is 1. The summed E-state index contributed by atoms with van der Waals surface area (Å²) < 4.78 is 4.82. The molecule has 19 heavy (non-hydrogen) atoms. The van der Waals surface area contributed by atoms with Crippen molar-refractivity contribution >= 4 is 29.0 Å². The van der Waals surface area contributed by atoms with Gasteiger partial charge in [0.2, 0.25) is 0 Å². The van der Waals surface area contributed by atoms with Crippen LogP contribution >= 0.6 is 12.2 Å². The van der Waals surface area contributed by atoms with Gasteiger partial charge in [-0.15, -0.1) is 0 Å². The van der Waals surface area contributed by atoms with Crippen molar-refractivity contribution in [1.82, 2.24) is 4.98 Å². The van der Waals surface area contributed by atoms with Crippen LogP contribution in [0.5, 0.6) is 0 Å². The third kappa shape index (κ3) is 2.84. The fraction of sp³-hybridized carbons (Fsp3) is 0.462. The Balaban J connectivity index is 2.18. The smallest absolute Gasteiger partial charge is 0.310 e. The molecule has 1 aliphatic rings. The lowest BCUT2D eigenvalue weighted by molar-refractivity contribution is -0.145. The molecule has 2 unspecified atom stereocenters. The molecule has 0 aliphatic carbocycles. The van der Waals surface area contributed by atoms with Crippen molar-refractivity contribution in [3.05, 3.63) is 23.9 Å². The molecule has 2 heterocycles. The molecular weight excluding hydrogens is 262 g/mol. The number of hydrogen-bond acceptors (Lipinski definition) is 5. The van der Waals surface area contributed by atoms with Gasteiger partial charge in [-0.25, -0.2) is 4.98 Å². The van der Waals surface area contributed by atoms with Crippen LogP contribution in [0.15, 0.2) is 18.3 Å². The van der Waals surface area contributed by atoms with E-state index >= 15 is 0 Å². The number of esters is 1. The first-order valence-electron chi connectivity index (χ1n) is 6.11. The second-order valence-electron chi connectivity index (χ2n) is 4.78. The predicted octanol–water partition coefficient (Wildman–Crippen LogP) is 0.961. The molecule has 0 amide bonds. The van der Waals surface area contributed by atoms with E-state index in [1.54, 1.807) is 12.3 Å².